The predicted octanol–water partition coefficient (Wildman–Crippen LogP) is 6.08. The summed E-state index contributed by atoms with van der Waals surface area (Å²) >= 11 is 16.0. The molecule has 0 unspecified atom stereocenters. The van der Waals surface area contributed by atoms with E-state index >= 15 is 0 Å². The third-order valence-corrected chi connectivity index (χ3v) is 4.76. The van der Waals surface area contributed by atoms with E-state index in [4.69, 9.17) is 27.9 Å². The highest BCUT2D eigenvalue weighted by molar-refractivity contribution is 9.10. The number of nitro groups is 1. The van der Waals surface area contributed by atoms with Crippen LogP contribution in [0.25, 0.3) is 0 Å². The molecule has 0 aliphatic carbocycles. The van der Waals surface area contributed by atoms with Gasteiger partial charge in [0.25, 0.3) is 5.69 Å². The van der Waals surface area contributed by atoms with Crippen LogP contribution < -0.4 is 10.2 Å². The van der Waals surface area contributed by atoms with Gasteiger partial charge in [-0.2, -0.15) is 5.10 Å². The van der Waals surface area contributed by atoms with Crippen molar-refractivity contribution in [1.29, 1.82) is 0 Å². The van der Waals surface area contributed by atoms with Gasteiger partial charge in [0.2, 0.25) is 0 Å². The van der Waals surface area contributed by atoms with Gasteiger partial charge in [0.1, 0.15) is 18.6 Å². The minimum atomic E-state index is -0.523. The number of hydrogen-bond acceptors (Lipinski definition) is 6. The topological polar surface area (TPSA) is 89.7 Å². The van der Waals surface area contributed by atoms with E-state index in [2.05, 4.69) is 31.4 Å². The fourth-order valence-corrected chi connectivity index (χ4v) is 3.14. The Balaban J connectivity index is 1.64. The second kappa shape index (κ2) is 9.69. The first kappa shape index (κ1) is 21.0. The van der Waals surface area contributed by atoms with Crippen LogP contribution in [-0.2, 0) is 6.61 Å². The molecule has 0 aliphatic heterocycles. The summed E-state index contributed by atoms with van der Waals surface area (Å²) < 4.78 is 6.73. The molecule has 3 rings (SSSR count). The Morgan fingerprint density at radius 1 is 1.17 bits per heavy atom. The fourth-order valence-electron chi connectivity index (χ4n) is 2.26. The molecule has 2 aromatic carbocycles. The first-order valence-corrected chi connectivity index (χ1v) is 9.73. The fraction of sp³-hybridized carbons (Fsp3) is 0.0526. The molecule has 0 amide bonds. The molecule has 10 heteroatoms. The molecule has 0 atom stereocenters. The van der Waals surface area contributed by atoms with Gasteiger partial charge in [0, 0.05) is 10.5 Å². The van der Waals surface area contributed by atoms with Gasteiger partial charge in [0.15, 0.2) is 5.75 Å². The van der Waals surface area contributed by atoms with E-state index in [0.29, 0.717) is 33.8 Å². The Morgan fingerprint density at radius 3 is 2.45 bits per heavy atom. The minimum absolute atomic E-state index is 0.100. The number of halogens is 3. The van der Waals surface area contributed by atoms with Crippen molar-refractivity contribution in [2.45, 2.75) is 6.61 Å². The number of ether oxygens (including phenoxy) is 1. The zero-order valence-electron chi connectivity index (χ0n) is 14.7. The SMILES string of the molecule is O=[N+]([O-])c1ccc(N/N=C/c2cc(Cl)c(OCc3ccc(Br)cc3)c(Cl)c2)nc1. The number of nitrogens with one attached hydrogen (secondary N) is 1. The van der Waals surface area contributed by atoms with Crippen LogP contribution in [0.3, 0.4) is 0 Å². The largest absolute Gasteiger partial charge is 0.486 e. The molecule has 1 heterocycles. The maximum Gasteiger partial charge on any atom is 0.287 e. The number of rotatable bonds is 7. The molecular weight excluding hydrogens is 483 g/mol. The van der Waals surface area contributed by atoms with Gasteiger partial charge in [-0.3, -0.25) is 15.5 Å². The molecule has 1 N–H and O–H groups in total. The summed E-state index contributed by atoms with van der Waals surface area (Å²) in [6, 6.07) is 13.8. The highest BCUT2D eigenvalue weighted by Gasteiger charge is 2.10. The molecule has 3 aromatic rings. The minimum Gasteiger partial charge on any atom is -0.486 e. The number of nitrogens with zero attached hydrogens (tertiary/aromatic N) is 3. The third-order valence-electron chi connectivity index (χ3n) is 3.67. The average molecular weight is 496 g/mol. The van der Waals surface area contributed by atoms with Crippen LogP contribution in [-0.4, -0.2) is 16.1 Å². The summed E-state index contributed by atoms with van der Waals surface area (Å²) in [6.07, 6.45) is 2.64. The lowest BCUT2D eigenvalue weighted by molar-refractivity contribution is -0.385. The quantitative estimate of drug-likeness (QED) is 0.243. The van der Waals surface area contributed by atoms with Crippen molar-refractivity contribution in [2.75, 3.05) is 5.43 Å². The van der Waals surface area contributed by atoms with E-state index in [1.165, 1.54) is 18.3 Å². The van der Waals surface area contributed by atoms with Crippen molar-refractivity contribution in [3.63, 3.8) is 0 Å². The van der Waals surface area contributed by atoms with Crippen molar-refractivity contribution in [1.82, 2.24) is 4.98 Å². The molecule has 148 valence electrons. The first-order chi connectivity index (χ1) is 13.9. The van der Waals surface area contributed by atoms with E-state index in [1.54, 1.807) is 12.1 Å². The average Bonchev–Trinajstić information content (AvgIpc) is 2.69. The van der Waals surface area contributed by atoms with E-state index in [9.17, 15) is 10.1 Å². The summed E-state index contributed by atoms with van der Waals surface area (Å²) in [5.74, 6) is 0.747. The number of pyridine rings is 1. The smallest absolute Gasteiger partial charge is 0.287 e. The molecular formula is C19H13BrCl2N4O3. The lowest BCUT2D eigenvalue weighted by Crippen LogP contribution is -1.98. The summed E-state index contributed by atoms with van der Waals surface area (Å²) in [5.41, 5.74) is 4.20. The van der Waals surface area contributed by atoms with Crippen molar-refractivity contribution < 1.29 is 9.66 Å². The van der Waals surface area contributed by atoms with Gasteiger partial charge in [-0.1, -0.05) is 51.3 Å². The molecule has 29 heavy (non-hydrogen) atoms. The monoisotopic (exact) mass is 494 g/mol. The normalized spacial score (nSPS) is 10.9. The second-order valence-corrected chi connectivity index (χ2v) is 7.49. The Hall–Kier alpha value is -2.68. The zero-order valence-corrected chi connectivity index (χ0v) is 17.8. The van der Waals surface area contributed by atoms with E-state index in [-0.39, 0.29) is 5.69 Å². The molecule has 0 saturated carbocycles. The standard InChI is InChI=1S/C19H13BrCl2N4O3/c20-14-3-1-12(2-4-14)11-29-19-16(21)7-13(8-17(19)22)9-24-25-18-6-5-15(10-23-18)26(27)28/h1-10H,11H2,(H,23,25)/b24-9+. The van der Waals surface area contributed by atoms with Crippen LogP contribution in [0.1, 0.15) is 11.1 Å². The predicted molar refractivity (Wildman–Crippen MR) is 117 cm³/mol. The highest BCUT2D eigenvalue weighted by atomic mass is 79.9. The van der Waals surface area contributed by atoms with Crippen molar-refractivity contribution in [3.8, 4) is 5.75 Å². The van der Waals surface area contributed by atoms with Gasteiger partial charge in [-0.15, -0.1) is 0 Å². The molecule has 0 fully saturated rings. The van der Waals surface area contributed by atoms with Gasteiger partial charge >= 0.3 is 0 Å². The molecule has 0 bridgehead atoms. The lowest BCUT2D eigenvalue weighted by Gasteiger charge is -2.11. The van der Waals surface area contributed by atoms with Crippen LogP contribution in [0, 0.1) is 10.1 Å². The Morgan fingerprint density at radius 2 is 1.86 bits per heavy atom. The molecule has 0 radical (unpaired) electrons. The van der Waals surface area contributed by atoms with E-state index in [1.807, 2.05) is 24.3 Å². The number of hydrogen-bond donors (Lipinski definition) is 1. The number of aromatic nitrogens is 1. The number of anilines is 1. The lowest BCUT2D eigenvalue weighted by atomic mass is 10.2. The molecule has 1 aromatic heterocycles. The van der Waals surface area contributed by atoms with Crippen LogP contribution in [0.15, 0.2) is 64.3 Å². The summed E-state index contributed by atoms with van der Waals surface area (Å²) in [4.78, 5) is 14.0. The summed E-state index contributed by atoms with van der Waals surface area (Å²) in [5, 5.41) is 15.4. The Labute approximate surface area is 184 Å². The third kappa shape index (κ3) is 5.90. The Bertz CT molecular complexity index is 1020. The maximum absolute atomic E-state index is 10.6. The van der Waals surface area contributed by atoms with Crippen molar-refractivity contribution >= 4 is 56.9 Å². The summed E-state index contributed by atoms with van der Waals surface area (Å²) in [6.45, 7) is 0.327. The van der Waals surface area contributed by atoms with Crippen LogP contribution in [0.4, 0.5) is 11.5 Å². The number of benzene rings is 2. The molecule has 7 nitrogen and oxygen atoms in total. The van der Waals surface area contributed by atoms with Gasteiger partial charge in [-0.25, -0.2) is 4.98 Å². The van der Waals surface area contributed by atoms with E-state index < -0.39 is 4.92 Å². The zero-order chi connectivity index (χ0) is 20.8. The molecule has 0 aliphatic rings. The highest BCUT2D eigenvalue weighted by Crippen LogP contribution is 2.34. The van der Waals surface area contributed by atoms with Gasteiger partial charge in [0.05, 0.1) is 21.2 Å². The first-order valence-electron chi connectivity index (χ1n) is 8.18. The van der Waals surface area contributed by atoms with E-state index in [0.717, 1.165) is 16.2 Å². The number of hydrazone groups is 1. The van der Waals surface area contributed by atoms with Crippen molar-refractivity contribution in [2.24, 2.45) is 5.10 Å². The molecule has 0 spiro atoms. The Kier molecular flexibility index (Phi) is 7.03. The second-order valence-electron chi connectivity index (χ2n) is 5.76. The van der Waals surface area contributed by atoms with Crippen LogP contribution in [0.2, 0.25) is 10.0 Å². The maximum atomic E-state index is 10.6. The molecule has 0 saturated heterocycles. The summed E-state index contributed by atoms with van der Waals surface area (Å²) in [7, 11) is 0. The van der Waals surface area contributed by atoms with Gasteiger partial charge in [-0.05, 0) is 41.5 Å². The van der Waals surface area contributed by atoms with Crippen LogP contribution >= 0.6 is 39.1 Å². The van der Waals surface area contributed by atoms with Gasteiger partial charge < -0.3 is 4.74 Å². The van der Waals surface area contributed by atoms with Crippen LogP contribution in [0.5, 0.6) is 5.75 Å². The van der Waals surface area contributed by atoms with Crippen molar-refractivity contribution in [3.05, 3.63) is 90.5 Å².